The van der Waals surface area contributed by atoms with E-state index in [0.29, 0.717) is 17.1 Å². The molecule has 1 amide bonds. The van der Waals surface area contributed by atoms with Crippen molar-refractivity contribution >= 4 is 39.2 Å². The van der Waals surface area contributed by atoms with Gasteiger partial charge in [0.15, 0.2) is 5.16 Å². The Bertz CT molecular complexity index is 823. The lowest BCUT2D eigenvalue weighted by molar-refractivity contribution is -0.119. The Kier molecular flexibility index (Phi) is 6.23. The zero-order chi connectivity index (χ0) is 17.9. The minimum Gasteiger partial charge on any atom is -0.353 e. The summed E-state index contributed by atoms with van der Waals surface area (Å²) in [6.07, 6.45) is 2.56. The van der Waals surface area contributed by atoms with Crippen LogP contribution in [0.5, 0.6) is 0 Å². The number of fused-ring (bicyclic) bond motifs is 1. The van der Waals surface area contributed by atoms with Crippen molar-refractivity contribution in [2.45, 2.75) is 51.9 Å². The minimum absolute atomic E-state index is 0.0487. The van der Waals surface area contributed by atoms with Crippen LogP contribution < -0.4 is 10.9 Å². The summed E-state index contributed by atoms with van der Waals surface area (Å²) in [6, 6.07) is 0.145. The van der Waals surface area contributed by atoms with Crippen LogP contribution in [-0.2, 0) is 11.3 Å². The molecule has 5 nitrogen and oxygen atoms in total. The third-order valence-corrected chi connectivity index (χ3v) is 6.00. The van der Waals surface area contributed by atoms with Crippen LogP contribution in [-0.4, -0.2) is 27.3 Å². The molecule has 2 heterocycles. The van der Waals surface area contributed by atoms with Crippen LogP contribution in [0.2, 0.25) is 0 Å². The summed E-state index contributed by atoms with van der Waals surface area (Å²) in [5, 5.41) is 4.16. The molecule has 0 radical (unpaired) electrons. The largest absolute Gasteiger partial charge is 0.353 e. The summed E-state index contributed by atoms with van der Waals surface area (Å²) in [4.78, 5) is 31.3. The maximum absolute atomic E-state index is 12.8. The summed E-state index contributed by atoms with van der Waals surface area (Å²) < 4.78 is 1.59. The van der Waals surface area contributed by atoms with E-state index in [2.05, 4.69) is 16.9 Å². The molecule has 0 fully saturated rings. The molecule has 0 aromatic carbocycles. The van der Waals surface area contributed by atoms with Gasteiger partial charge in [-0.1, -0.05) is 24.8 Å². The first-order valence-corrected chi connectivity index (χ1v) is 9.72. The molecule has 2 rings (SSSR count). The van der Waals surface area contributed by atoms with Crippen molar-refractivity contribution in [3.05, 3.63) is 33.4 Å². The van der Waals surface area contributed by atoms with E-state index in [4.69, 9.17) is 0 Å². The number of hydrogen-bond acceptors (Lipinski definition) is 5. The second kappa shape index (κ2) is 7.98. The zero-order valence-electron chi connectivity index (χ0n) is 14.5. The average molecular weight is 366 g/mol. The maximum Gasteiger partial charge on any atom is 0.263 e. The summed E-state index contributed by atoms with van der Waals surface area (Å²) in [5.74, 6) is 0.190. The lowest BCUT2D eigenvalue weighted by Gasteiger charge is -2.12. The van der Waals surface area contributed by atoms with Crippen molar-refractivity contribution < 1.29 is 4.79 Å². The first-order valence-electron chi connectivity index (χ1n) is 7.92. The summed E-state index contributed by atoms with van der Waals surface area (Å²) in [7, 11) is 0. The van der Waals surface area contributed by atoms with E-state index in [1.807, 2.05) is 27.7 Å². The van der Waals surface area contributed by atoms with Gasteiger partial charge in [-0.25, -0.2) is 4.98 Å². The van der Waals surface area contributed by atoms with Gasteiger partial charge in [-0.2, -0.15) is 0 Å². The molecule has 0 aliphatic carbocycles. The molecular weight excluding hydrogens is 342 g/mol. The Morgan fingerprint density at radius 1 is 1.50 bits per heavy atom. The average Bonchev–Trinajstić information content (AvgIpc) is 2.83. The lowest BCUT2D eigenvalue weighted by atomic mass is 10.2. The monoisotopic (exact) mass is 365 g/mol. The van der Waals surface area contributed by atoms with Crippen molar-refractivity contribution in [3.63, 3.8) is 0 Å². The van der Waals surface area contributed by atoms with Crippen LogP contribution in [0.1, 0.15) is 30.7 Å². The fourth-order valence-corrected chi connectivity index (χ4v) is 4.15. The van der Waals surface area contributed by atoms with Crippen molar-refractivity contribution in [2.75, 3.05) is 5.75 Å². The molecule has 2 aromatic rings. The van der Waals surface area contributed by atoms with Gasteiger partial charge in [0.2, 0.25) is 5.91 Å². The molecule has 0 bridgehead atoms. The van der Waals surface area contributed by atoms with Gasteiger partial charge < -0.3 is 5.32 Å². The second-order valence-corrected chi connectivity index (χ2v) is 7.87. The molecule has 1 unspecified atom stereocenters. The van der Waals surface area contributed by atoms with E-state index in [-0.39, 0.29) is 23.3 Å². The Morgan fingerprint density at radius 3 is 2.83 bits per heavy atom. The van der Waals surface area contributed by atoms with Gasteiger partial charge in [0.1, 0.15) is 4.83 Å². The van der Waals surface area contributed by atoms with Crippen molar-refractivity contribution in [1.29, 1.82) is 0 Å². The molecule has 7 heteroatoms. The number of nitrogens with one attached hydrogen (secondary N) is 1. The van der Waals surface area contributed by atoms with Gasteiger partial charge in [0, 0.05) is 17.5 Å². The number of aromatic nitrogens is 2. The van der Waals surface area contributed by atoms with Crippen molar-refractivity contribution in [2.24, 2.45) is 0 Å². The van der Waals surface area contributed by atoms with Crippen molar-refractivity contribution in [3.8, 4) is 0 Å². The highest BCUT2D eigenvalue weighted by Crippen LogP contribution is 2.28. The Balaban J connectivity index is 2.35. The summed E-state index contributed by atoms with van der Waals surface area (Å²) in [6.45, 7) is 12.0. The molecule has 2 aromatic heterocycles. The Hall–Kier alpha value is -1.60. The number of carbonyl (C=O) groups excluding carboxylic acids is 1. The van der Waals surface area contributed by atoms with Crippen molar-refractivity contribution in [1.82, 2.24) is 14.9 Å². The molecule has 130 valence electrons. The third kappa shape index (κ3) is 3.89. The highest BCUT2D eigenvalue weighted by Gasteiger charge is 2.17. The standard InChI is InChI=1S/C17H23N3O2S2/c1-6-8-20-16(22)14-11(4)12(5)24-15(14)19-17(20)23-9-13(21)18-10(3)7-2/h6,10H,1,7-9H2,2-5H3,(H,18,21). The first-order chi connectivity index (χ1) is 11.4. The van der Waals surface area contributed by atoms with Crippen LogP contribution in [0.3, 0.4) is 0 Å². The Morgan fingerprint density at radius 2 is 2.21 bits per heavy atom. The number of hydrogen-bond donors (Lipinski definition) is 1. The maximum atomic E-state index is 12.8. The number of amides is 1. The van der Waals surface area contributed by atoms with E-state index < -0.39 is 0 Å². The highest BCUT2D eigenvalue weighted by atomic mass is 32.2. The van der Waals surface area contributed by atoms with E-state index in [9.17, 15) is 9.59 Å². The first kappa shape index (κ1) is 18.7. The number of allylic oxidation sites excluding steroid dienone is 1. The number of thiophene rings is 1. The molecule has 1 atom stereocenters. The van der Waals surface area contributed by atoms with Crippen LogP contribution in [0, 0.1) is 13.8 Å². The molecule has 0 aliphatic rings. The number of carbonyl (C=O) groups is 1. The fourth-order valence-electron chi connectivity index (χ4n) is 2.26. The smallest absolute Gasteiger partial charge is 0.263 e. The summed E-state index contributed by atoms with van der Waals surface area (Å²) in [5.41, 5.74) is 0.919. The van der Waals surface area contributed by atoms with E-state index in [1.54, 1.807) is 10.6 Å². The van der Waals surface area contributed by atoms with E-state index in [0.717, 1.165) is 21.7 Å². The summed E-state index contributed by atoms with van der Waals surface area (Å²) >= 11 is 2.81. The van der Waals surface area contributed by atoms with Crippen LogP contribution in [0.15, 0.2) is 22.6 Å². The molecule has 0 aliphatic heterocycles. The zero-order valence-corrected chi connectivity index (χ0v) is 16.1. The number of nitrogens with zero attached hydrogens (tertiary/aromatic N) is 2. The van der Waals surface area contributed by atoms with Crippen LogP contribution in [0.25, 0.3) is 10.2 Å². The molecule has 0 saturated carbocycles. The predicted octanol–water partition coefficient (Wildman–Crippen LogP) is 3.27. The molecular formula is C17H23N3O2S2. The molecule has 1 N–H and O–H groups in total. The van der Waals surface area contributed by atoms with Crippen LogP contribution >= 0.6 is 23.1 Å². The van der Waals surface area contributed by atoms with Gasteiger partial charge >= 0.3 is 0 Å². The fraction of sp³-hybridized carbons (Fsp3) is 0.471. The van der Waals surface area contributed by atoms with Crippen LogP contribution in [0.4, 0.5) is 0 Å². The van der Waals surface area contributed by atoms with Gasteiger partial charge in [-0.15, -0.1) is 17.9 Å². The number of thioether (sulfide) groups is 1. The van der Waals surface area contributed by atoms with Gasteiger partial charge in [-0.05, 0) is 32.8 Å². The minimum atomic E-state index is -0.0633. The number of rotatable bonds is 7. The number of aryl methyl sites for hydroxylation is 2. The normalized spacial score (nSPS) is 12.3. The third-order valence-electron chi connectivity index (χ3n) is 3.92. The molecule has 24 heavy (non-hydrogen) atoms. The van der Waals surface area contributed by atoms with E-state index in [1.165, 1.54) is 23.1 Å². The van der Waals surface area contributed by atoms with E-state index >= 15 is 0 Å². The predicted molar refractivity (Wildman–Crippen MR) is 102 cm³/mol. The molecule has 0 saturated heterocycles. The molecule has 0 spiro atoms. The highest BCUT2D eigenvalue weighted by molar-refractivity contribution is 7.99. The second-order valence-electron chi connectivity index (χ2n) is 5.73. The van der Waals surface area contributed by atoms with Gasteiger partial charge in [0.25, 0.3) is 5.56 Å². The SMILES string of the molecule is C=CCn1c(SCC(=O)NC(C)CC)nc2sc(C)c(C)c2c1=O. The Labute approximate surface area is 150 Å². The van der Waals surface area contributed by atoms with Gasteiger partial charge in [-0.3, -0.25) is 14.2 Å². The lowest BCUT2D eigenvalue weighted by Crippen LogP contribution is -2.33. The quantitative estimate of drug-likeness (QED) is 0.465. The van der Waals surface area contributed by atoms with Gasteiger partial charge in [0.05, 0.1) is 11.1 Å². The topological polar surface area (TPSA) is 64.0 Å².